The van der Waals surface area contributed by atoms with Crippen molar-refractivity contribution >= 4 is 35.1 Å². The monoisotopic (exact) mass is 458 g/mol. The lowest BCUT2D eigenvalue weighted by Gasteiger charge is -2.35. The molecule has 2 aliphatic rings. The van der Waals surface area contributed by atoms with Crippen LogP contribution in [0.3, 0.4) is 0 Å². The van der Waals surface area contributed by atoms with Crippen LogP contribution >= 0.6 is 23.2 Å². The first-order chi connectivity index (χ1) is 14.9. The molecule has 1 aromatic carbocycles. The number of allylic oxidation sites excluding steroid dienone is 2. The van der Waals surface area contributed by atoms with E-state index in [4.69, 9.17) is 27.7 Å². The van der Waals surface area contributed by atoms with Crippen LogP contribution in [0.15, 0.2) is 46.8 Å². The zero-order chi connectivity index (χ0) is 21.7. The molecule has 160 valence electrons. The van der Waals surface area contributed by atoms with Crippen LogP contribution in [0.4, 0.5) is 10.6 Å². The van der Waals surface area contributed by atoms with Crippen LogP contribution < -0.4 is 4.90 Å². The van der Waals surface area contributed by atoms with E-state index < -0.39 is 0 Å². The van der Waals surface area contributed by atoms with E-state index in [0.717, 1.165) is 24.1 Å². The van der Waals surface area contributed by atoms with Crippen molar-refractivity contribution in [3.05, 3.63) is 69.6 Å². The summed E-state index contributed by atoms with van der Waals surface area (Å²) in [6.07, 6.45) is 5.35. The molecule has 0 radical (unpaired) electrons. The number of halogens is 2. The van der Waals surface area contributed by atoms with Crippen molar-refractivity contribution < 1.29 is 9.32 Å². The highest BCUT2D eigenvalue weighted by atomic mass is 35.5. The second-order valence-electron chi connectivity index (χ2n) is 7.71. The minimum Gasteiger partial charge on any atom is -0.337 e. The van der Waals surface area contributed by atoms with Crippen molar-refractivity contribution in [2.75, 3.05) is 11.4 Å². The molecule has 0 aliphatic carbocycles. The number of rotatable bonds is 2. The van der Waals surface area contributed by atoms with Gasteiger partial charge >= 0.3 is 6.03 Å². The molecule has 8 nitrogen and oxygen atoms in total. The van der Waals surface area contributed by atoms with Gasteiger partial charge in [-0.1, -0.05) is 34.4 Å². The van der Waals surface area contributed by atoms with Gasteiger partial charge in [-0.05, 0) is 50.5 Å². The fraction of sp³-hybridized carbons (Fsp3) is 0.333. The van der Waals surface area contributed by atoms with Gasteiger partial charge in [0.05, 0.1) is 22.3 Å². The first-order valence-corrected chi connectivity index (χ1v) is 10.8. The topological polar surface area (TPSA) is 80.3 Å². The van der Waals surface area contributed by atoms with Gasteiger partial charge in [0.25, 0.3) is 0 Å². The molecular formula is C21H20Cl2N6O2. The van der Waals surface area contributed by atoms with Gasteiger partial charge in [-0.25, -0.2) is 9.48 Å². The van der Waals surface area contributed by atoms with E-state index in [1.165, 1.54) is 0 Å². The minimum absolute atomic E-state index is 0.138. The molecule has 1 fully saturated rings. The lowest BCUT2D eigenvalue weighted by molar-refractivity contribution is 0.187. The van der Waals surface area contributed by atoms with E-state index >= 15 is 0 Å². The second-order valence-corrected chi connectivity index (χ2v) is 8.52. The summed E-state index contributed by atoms with van der Waals surface area (Å²) in [7, 11) is 0. The number of likely N-dealkylation sites (tertiary alicyclic amines) is 1. The molecule has 2 aliphatic heterocycles. The number of anilines is 1. The fourth-order valence-corrected chi connectivity index (χ4v) is 4.57. The number of benzene rings is 1. The molecule has 0 bridgehead atoms. The van der Waals surface area contributed by atoms with Crippen LogP contribution in [-0.4, -0.2) is 37.4 Å². The van der Waals surface area contributed by atoms with Crippen LogP contribution in [0.5, 0.6) is 0 Å². The van der Waals surface area contributed by atoms with E-state index in [9.17, 15) is 4.79 Å². The predicted octanol–water partition coefficient (Wildman–Crippen LogP) is 5.15. The van der Waals surface area contributed by atoms with Crippen LogP contribution in [0.25, 0.3) is 0 Å². The summed E-state index contributed by atoms with van der Waals surface area (Å²) in [5, 5.41) is 9.34. The summed E-state index contributed by atoms with van der Waals surface area (Å²) in [6.45, 7) is 4.31. The SMILES string of the molecule is CC1=CC(c2ccc(Cl)c(Cl)c2)n2nccc2N1C(=O)N1CCCC1c1nc(C)no1. The molecular weight excluding hydrogens is 439 g/mol. The molecule has 10 heteroatoms. The van der Waals surface area contributed by atoms with E-state index in [1.54, 1.807) is 29.0 Å². The van der Waals surface area contributed by atoms with Gasteiger partial charge in [-0.3, -0.25) is 4.90 Å². The molecule has 2 atom stereocenters. The maximum Gasteiger partial charge on any atom is 0.330 e. The quantitative estimate of drug-likeness (QED) is 0.530. The number of aromatic nitrogens is 4. The third-order valence-electron chi connectivity index (χ3n) is 5.70. The minimum atomic E-state index is -0.231. The van der Waals surface area contributed by atoms with Crippen molar-refractivity contribution in [1.29, 1.82) is 0 Å². The summed E-state index contributed by atoms with van der Waals surface area (Å²) in [6, 6.07) is 6.78. The zero-order valence-corrected chi connectivity index (χ0v) is 18.5. The average molecular weight is 459 g/mol. The first kappa shape index (κ1) is 20.1. The van der Waals surface area contributed by atoms with Crippen molar-refractivity contribution in [2.24, 2.45) is 0 Å². The summed E-state index contributed by atoms with van der Waals surface area (Å²) < 4.78 is 7.18. The highest BCUT2D eigenvalue weighted by molar-refractivity contribution is 6.42. The molecule has 2 unspecified atom stereocenters. The maximum absolute atomic E-state index is 13.6. The Kier molecular flexibility index (Phi) is 4.98. The van der Waals surface area contributed by atoms with E-state index in [1.807, 2.05) is 35.9 Å². The summed E-state index contributed by atoms with van der Waals surface area (Å²) in [5.74, 6) is 1.73. The van der Waals surface area contributed by atoms with Gasteiger partial charge in [0.15, 0.2) is 5.82 Å². The molecule has 5 rings (SSSR count). The Labute approximate surface area is 189 Å². The standard InChI is InChI=1S/C21H20Cl2N6O2/c1-12-10-18(14-5-6-15(22)16(23)11-14)29-19(7-8-24-29)28(12)21(30)27-9-3-4-17(27)20-25-13(2)26-31-20/h5-8,10-11,17-18H,3-4,9H2,1-2H3. The van der Waals surface area contributed by atoms with Gasteiger partial charge in [-0.2, -0.15) is 10.1 Å². The number of urea groups is 1. The molecule has 1 saturated heterocycles. The largest absolute Gasteiger partial charge is 0.337 e. The number of hydrogen-bond acceptors (Lipinski definition) is 5. The van der Waals surface area contributed by atoms with Crippen molar-refractivity contribution in [2.45, 2.75) is 38.8 Å². The van der Waals surface area contributed by atoms with E-state index in [0.29, 0.717) is 34.1 Å². The number of aryl methyl sites for hydroxylation is 1. The molecule has 31 heavy (non-hydrogen) atoms. The third kappa shape index (κ3) is 3.40. The lowest BCUT2D eigenvalue weighted by atomic mass is 10.0. The number of fused-ring (bicyclic) bond motifs is 1. The molecule has 2 amide bonds. The number of carbonyl (C=O) groups excluding carboxylic acids is 1. The first-order valence-electron chi connectivity index (χ1n) is 10.0. The fourth-order valence-electron chi connectivity index (χ4n) is 4.26. The highest BCUT2D eigenvalue weighted by Gasteiger charge is 2.39. The molecule has 0 spiro atoms. The molecule has 0 saturated carbocycles. The predicted molar refractivity (Wildman–Crippen MR) is 116 cm³/mol. The number of nitrogens with zero attached hydrogens (tertiary/aromatic N) is 6. The summed E-state index contributed by atoms with van der Waals surface area (Å²) >= 11 is 12.3. The normalized spacial score (nSPS) is 20.7. The lowest BCUT2D eigenvalue weighted by Crippen LogP contribution is -2.44. The Morgan fingerprint density at radius 2 is 2.03 bits per heavy atom. The van der Waals surface area contributed by atoms with Crippen LogP contribution in [0, 0.1) is 6.92 Å². The van der Waals surface area contributed by atoms with Gasteiger partial charge in [0.2, 0.25) is 5.89 Å². The second kappa shape index (κ2) is 7.69. The Bertz CT molecular complexity index is 1190. The Hall–Kier alpha value is -2.84. The van der Waals surface area contributed by atoms with Gasteiger partial charge in [0.1, 0.15) is 11.9 Å². The molecule has 3 aromatic rings. The Morgan fingerprint density at radius 1 is 1.19 bits per heavy atom. The van der Waals surface area contributed by atoms with Crippen LogP contribution in [0.1, 0.15) is 49.1 Å². The molecule has 0 N–H and O–H groups in total. The van der Waals surface area contributed by atoms with E-state index in [-0.39, 0.29) is 18.1 Å². The van der Waals surface area contributed by atoms with Crippen molar-refractivity contribution in [3.63, 3.8) is 0 Å². The Balaban J connectivity index is 1.49. The van der Waals surface area contributed by atoms with E-state index in [2.05, 4.69) is 15.2 Å². The number of amides is 2. The van der Waals surface area contributed by atoms with Crippen LogP contribution in [0.2, 0.25) is 10.0 Å². The third-order valence-corrected chi connectivity index (χ3v) is 6.44. The Morgan fingerprint density at radius 3 is 2.77 bits per heavy atom. The number of carbonyl (C=O) groups is 1. The molecule has 4 heterocycles. The van der Waals surface area contributed by atoms with Gasteiger partial charge < -0.3 is 9.42 Å². The summed E-state index contributed by atoms with van der Waals surface area (Å²) in [5.41, 5.74) is 1.74. The van der Waals surface area contributed by atoms with Crippen molar-refractivity contribution in [3.8, 4) is 0 Å². The average Bonchev–Trinajstić information content (AvgIpc) is 3.49. The van der Waals surface area contributed by atoms with Crippen molar-refractivity contribution in [1.82, 2.24) is 24.8 Å². The smallest absolute Gasteiger partial charge is 0.330 e. The summed E-state index contributed by atoms with van der Waals surface area (Å²) in [4.78, 5) is 21.5. The highest BCUT2D eigenvalue weighted by Crippen LogP contribution is 2.38. The van der Waals surface area contributed by atoms with Crippen LogP contribution in [-0.2, 0) is 0 Å². The number of hydrogen-bond donors (Lipinski definition) is 0. The molecule has 2 aromatic heterocycles. The zero-order valence-electron chi connectivity index (χ0n) is 17.0. The van der Waals surface area contributed by atoms with Gasteiger partial charge in [0, 0.05) is 18.3 Å². The maximum atomic E-state index is 13.6. The van der Waals surface area contributed by atoms with Gasteiger partial charge in [-0.15, -0.1) is 0 Å².